The van der Waals surface area contributed by atoms with E-state index < -0.39 is 0 Å². The van der Waals surface area contributed by atoms with Crippen molar-refractivity contribution in [3.63, 3.8) is 0 Å². The molecule has 0 radical (unpaired) electrons. The van der Waals surface area contributed by atoms with Crippen molar-refractivity contribution in [2.45, 2.75) is 39.3 Å². The first-order valence-electron chi connectivity index (χ1n) is 6.79. The van der Waals surface area contributed by atoms with Gasteiger partial charge in [-0.2, -0.15) is 0 Å². The summed E-state index contributed by atoms with van der Waals surface area (Å²) in [7, 11) is 0. The molecular weight excluding hydrogens is 259 g/mol. The fourth-order valence-corrected chi connectivity index (χ4v) is 3.13. The SMILES string of the molecule is CC(NC1=NC(C(C)C)CCS1)c1ccc(F)cc1. The second-order valence-corrected chi connectivity index (χ2v) is 6.38. The van der Waals surface area contributed by atoms with E-state index in [2.05, 4.69) is 26.1 Å². The molecule has 2 atom stereocenters. The molecule has 19 heavy (non-hydrogen) atoms. The Morgan fingerprint density at radius 3 is 2.58 bits per heavy atom. The second-order valence-electron chi connectivity index (χ2n) is 5.30. The van der Waals surface area contributed by atoms with Crippen molar-refractivity contribution in [1.82, 2.24) is 5.32 Å². The van der Waals surface area contributed by atoms with E-state index in [0.29, 0.717) is 12.0 Å². The summed E-state index contributed by atoms with van der Waals surface area (Å²) in [6.07, 6.45) is 1.15. The minimum atomic E-state index is -0.194. The van der Waals surface area contributed by atoms with Gasteiger partial charge in [0, 0.05) is 5.75 Å². The molecule has 0 aromatic heterocycles. The molecule has 1 aliphatic heterocycles. The van der Waals surface area contributed by atoms with Gasteiger partial charge in [0.05, 0.1) is 12.1 Å². The molecule has 0 bridgehead atoms. The van der Waals surface area contributed by atoms with Crippen molar-refractivity contribution in [2.24, 2.45) is 10.9 Å². The Labute approximate surface area is 118 Å². The first kappa shape index (κ1) is 14.4. The lowest BCUT2D eigenvalue weighted by molar-refractivity contribution is 0.482. The molecule has 0 aliphatic carbocycles. The van der Waals surface area contributed by atoms with Crippen LogP contribution in [0.25, 0.3) is 0 Å². The Hall–Kier alpha value is -1.03. The zero-order valence-electron chi connectivity index (χ0n) is 11.7. The summed E-state index contributed by atoms with van der Waals surface area (Å²) in [5.74, 6) is 1.50. The molecule has 1 aromatic rings. The average molecular weight is 280 g/mol. The van der Waals surface area contributed by atoms with Crippen LogP contribution >= 0.6 is 11.8 Å². The quantitative estimate of drug-likeness (QED) is 0.905. The molecule has 1 heterocycles. The monoisotopic (exact) mass is 280 g/mol. The van der Waals surface area contributed by atoms with Crippen LogP contribution in [0.5, 0.6) is 0 Å². The van der Waals surface area contributed by atoms with E-state index >= 15 is 0 Å². The van der Waals surface area contributed by atoms with Crippen molar-refractivity contribution in [2.75, 3.05) is 5.75 Å². The fourth-order valence-electron chi connectivity index (χ4n) is 2.11. The topological polar surface area (TPSA) is 24.4 Å². The van der Waals surface area contributed by atoms with Crippen molar-refractivity contribution in [3.8, 4) is 0 Å². The highest BCUT2D eigenvalue weighted by Crippen LogP contribution is 2.23. The van der Waals surface area contributed by atoms with Crippen molar-refractivity contribution in [3.05, 3.63) is 35.6 Å². The normalized spacial score (nSPS) is 21.1. The van der Waals surface area contributed by atoms with Gasteiger partial charge in [-0.15, -0.1) is 0 Å². The van der Waals surface area contributed by atoms with Gasteiger partial charge in [0.15, 0.2) is 5.17 Å². The maximum absolute atomic E-state index is 12.9. The smallest absolute Gasteiger partial charge is 0.157 e. The summed E-state index contributed by atoms with van der Waals surface area (Å²) >= 11 is 1.78. The van der Waals surface area contributed by atoms with Gasteiger partial charge in [-0.05, 0) is 37.0 Å². The number of hydrogen-bond donors (Lipinski definition) is 1. The van der Waals surface area contributed by atoms with Crippen LogP contribution in [0.1, 0.15) is 38.8 Å². The maximum atomic E-state index is 12.9. The number of rotatable bonds is 3. The lowest BCUT2D eigenvalue weighted by atomic mass is 10.0. The van der Waals surface area contributed by atoms with Gasteiger partial charge in [0.25, 0.3) is 0 Å². The average Bonchev–Trinajstić information content (AvgIpc) is 2.39. The summed E-state index contributed by atoms with van der Waals surface area (Å²) in [6, 6.07) is 7.21. The van der Waals surface area contributed by atoms with E-state index in [1.54, 1.807) is 11.8 Å². The maximum Gasteiger partial charge on any atom is 0.157 e. The van der Waals surface area contributed by atoms with Gasteiger partial charge in [-0.25, -0.2) is 4.39 Å². The molecule has 1 N–H and O–H groups in total. The van der Waals surface area contributed by atoms with E-state index in [4.69, 9.17) is 4.99 Å². The molecule has 0 amide bonds. The van der Waals surface area contributed by atoms with Crippen molar-refractivity contribution >= 4 is 16.9 Å². The Bertz CT molecular complexity index is 442. The van der Waals surface area contributed by atoms with E-state index in [1.807, 2.05) is 12.1 Å². The lowest BCUT2D eigenvalue weighted by Gasteiger charge is -2.25. The number of hydrogen-bond acceptors (Lipinski definition) is 3. The highest BCUT2D eigenvalue weighted by atomic mass is 32.2. The number of nitrogens with zero attached hydrogens (tertiary/aromatic N) is 1. The predicted octanol–water partition coefficient (Wildman–Crippen LogP) is 3.99. The zero-order chi connectivity index (χ0) is 13.8. The molecular formula is C15H21FN2S. The second kappa shape index (κ2) is 6.42. The van der Waals surface area contributed by atoms with E-state index in [9.17, 15) is 4.39 Å². The van der Waals surface area contributed by atoms with Crippen LogP contribution < -0.4 is 5.32 Å². The van der Waals surface area contributed by atoms with Gasteiger partial charge in [0.2, 0.25) is 0 Å². The number of nitrogens with one attached hydrogen (secondary N) is 1. The number of amidine groups is 1. The minimum absolute atomic E-state index is 0.151. The van der Waals surface area contributed by atoms with E-state index in [-0.39, 0.29) is 11.9 Å². The standard InChI is InChI=1S/C15H21FN2S/c1-10(2)14-8-9-19-15(18-14)17-11(3)12-4-6-13(16)7-5-12/h4-7,10-11,14H,8-9H2,1-3H3,(H,17,18). The number of halogens is 1. The van der Waals surface area contributed by atoms with Crippen LogP contribution in [-0.2, 0) is 0 Å². The number of aliphatic imine (C=N–C) groups is 1. The van der Waals surface area contributed by atoms with E-state index in [0.717, 1.165) is 22.9 Å². The Kier molecular flexibility index (Phi) is 4.86. The Balaban J connectivity index is 2.02. The molecule has 104 valence electrons. The van der Waals surface area contributed by atoms with Crippen molar-refractivity contribution in [1.29, 1.82) is 0 Å². The van der Waals surface area contributed by atoms with Gasteiger partial charge in [0.1, 0.15) is 5.82 Å². The third-order valence-corrected chi connectivity index (χ3v) is 4.35. The largest absolute Gasteiger partial charge is 0.358 e. The first-order valence-corrected chi connectivity index (χ1v) is 7.77. The Morgan fingerprint density at radius 1 is 1.26 bits per heavy atom. The molecule has 1 aliphatic rings. The molecule has 0 fully saturated rings. The molecule has 2 rings (SSSR count). The molecule has 2 nitrogen and oxygen atoms in total. The van der Waals surface area contributed by atoms with Crippen LogP contribution in [0.4, 0.5) is 4.39 Å². The highest BCUT2D eigenvalue weighted by Gasteiger charge is 2.19. The van der Waals surface area contributed by atoms with Crippen LogP contribution in [0.2, 0.25) is 0 Å². The molecule has 0 saturated heterocycles. The molecule has 0 spiro atoms. The summed E-state index contributed by atoms with van der Waals surface area (Å²) in [4.78, 5) is 4.76. The van der Waals surface area contributed by atoms with Crippen LogP contribution in [0, 0.1) is 11.7 Å². The minimum Gasteiger partial charge on any atom is -0.358 e. The lowest BCUT2D eigenvalue weighted by Crippen LogP contribution is -2.30. The molecule has 2 unspecified atom stereocenters. The predicted molar refractivity (Wildman–Crippen MR) is 81.1 cm³/mol. The third-order valence-electron chi connectivity index (χ3n) is 3.42. The summed E-state index contributed by atoms with van der Waals surface area (Å²) in [5, 5.41) is 4.45. The van der Waals surface area contributed by atoms with Gasteiger partial charge in [-0.3, -0.25) is 4.99 Å². The van der Waals surface area contributed by atoms with Gasteiger partial charge in [-0.1, -0.05) is 37.7 Å². The molecule has 0 saturated carbocycles. The highest BCUT2D eigenvalue weighted by molar-refractivity contribution is 8.13. The van der Waals surface area contributed by atoms with Crippen LogP contribution in [-0.4, -0.2) is 17.0 Å². The Morgan fingerprint density at radius 2 is 1.95 bits per heavy atom. The molecule has 1 aromatic carbocycles. The summed E-state index contributed by atoms with van der Waals surface area (Å²) in [5.41, 5.74) is 1.08. The van der Waals surface area contributed by atoms with E-state index in [1.165, 1.54) is 12.1 Å². The van der Waals surface area contributed by atoms with Crippen LogP contribution in [0.15, 0.2) is 29.3 Å². The van der Waals surface area contributed by atoms with Gasteiger partial charge < -0.3 is 5.32 Å². The van der Waals surface area contributed by atoms with Gasteiger partial charge >= 0.3 is 0 Å². The molecule has 4 heteroatoms. The van der Waals surface area contributed by atoms with Crippen LogP contribution in [0.3, 0.4) is 0 Å². The zero-order valence-corrected chi connectivity index (χ0v) is 12.5. The summed E-state index contributed by atoms with van der Waals surface area (Å²) < 4.78 is 12.9. The summed E-state index contributed by atoms with van der Waals surface area (Å²) in [6.45, 7) is 6.51. The first-order chi connectivity index (χ1) is 9.06. The third kappa shape index (κ3) is 3.96. The van der Waals surface area contributed by atoms with Crippen molar-refractivity contribution < 1.29 is 4.39 Å². The number of benzene rings is 1. The number of thioether (sulfide) groups is 1. The fraction of sp³-hybridized carbons (Fsp3) is 0.533.